The van der Waals surface area contributed by atoms with Crippen LogP contribution >= 0.6 is 0 Å². The molecule has 0 saturated heterocycles. The van der Waals surface area contributed by atoms with Crippen molar-refractivity contribution in [3.05, 3.63) is 60.2 Å². The van der Waals surface area contributed by atoms with E-state index in [0.29, 0.717) is 5.56 Å². The average molecular weight is 280 g/mol. The highest BCUT2D eigenvalue weighted by Crippen LogP contribution is 2.28. The molecule has 2 aromatic carbocycles. The fourth-order valence-corrected chi connectivity index (χ4v) is 3.09. The zero-order valence-corrected chi connectivity index (χ0v) is 12.0. The number of ketones is 1. The van der Waals surface area contributed by atoms with Crippen LogP contribution in [0.25, 0.3) is 11.1 Å². The molecule has 0 aromatic heterocycles. The molecule has 1 N–H and O–H groups in total. The van der Waals surface area contributed by atoms with Crippen molar-refractivity contribution in [1.29, 1.82) is 0 Å². The van der Waals surface area contributed by atoms with Crippen molar-refractivity contribution in [1.82, 2.24) is 0 Å². The lowest BCUT2D eigenvalue weighted by molar-refractivity contribution is 0.0525. The highest BCUT2D eigenvalue weighted by Gasteiger charge is 2.29. The molecule has 1 saturated carbocycles. The number of rotatable bonds is 3. The standard InChI is InChI=1S/C19H20O2/c20-18-9-5-4-8-17(18)19(21)16-12-10-15(11-13-16)14-6-2-1-3-7-14/h1-3,6-7,10-13,17-18,20H,4-5,8-9H2. The summed E-state index contributed by atoms with van der Waals surface area (Å²) in [7, 11) is 0. The maximum absolute atomic E-state index is 12.5. The number of benzene rings is 2. The van der Waals surface area contributed by atoms with Crippen LogP contribution in [0.3, 0.4) is 0 Å². The van der Waals surface area contributed by atoms with Gasteiger partial charge in [0, 0.05) is 11.5 Å². The van der Waals surface area contributed by atoms with Gasteiger partial charge in [0.25, 0.3) is 0 Å². The van der Waals surface area contributed by atoms with Crippen molar-refractivity contribution in [3.8, 4) is 11.1 Å². The second kappa shape index (κ2) is 6.23. The molecular weight excluding hydrogens is 260 g/mol. The van der Waals surface area contributed by atoms with E-state index >= 15 is 0 Å². The van der Waals surface area contributed by atoms with Crippen LogP contribution in [0.4, 0.5) is 0 Å². The van der Waals surface area contributed by atoms with Gasteiger partial charge in [-0.2, -0.15) is 0 Å². The van der Waals surface area contributed by atoms with Gasteiger partial charge in [0.1, 0.15) is 0 Å². The van der Waals surface area contributed by atoms with Gasteiger partial charge in [-0.15, -0.1) is 0 Å². The van der Waals surface area contributed by atoms with Crippen molar-refractivity contribution < 1.29 is 9.90 Å². The van der Waals surface area contributed by atoms with E-state index in [1.54, 1.807) is 0 Å². The first-order valence-corrected chi connectivity index (χ1v) is 7.63. The molecule has 2 heteroatoms. The molecule has 1 fully saturated rings. The van der Waals surface area contributed by atoms with Gasteiger partial charge in [-0.1, -0.05) is 67.4 Å². The second-order valence-corrected chi connectivity index (χ2v) is 5.77. The minimum Gasteiger partial charge on any atom is -0.392 e. The summed E-state index contributed by atoms with van der Waals surface area (Å²) in [5.74, 6) is -0.136. The summed E-state index contributed by atoms with van der Waals surface area (Å²) in [6.45, 7) is 0. The van der Waals surface area contributed by atoms with E-state index in [2.05, 4.69) is 12.1 Å². The van der Waals surface area contributed by atoms with Crippen LogP contribution < -0.4 is 0 Å². The van der Waals surface area contributed by atoms with Crippen molar-refractivity contribution >= 4 is 5.78 Å². The topological polar surface area (TPSA) is 37.3 Å². The highest BCUT2D eigenvalue weighted by atomic mass is 16.3. The van der Waals surface area contributed by atoms with Gasteiger partial charge < -0.3 is 5.11 Å². The molecule has 0 radical (unpaired) electrons. The lowest BCUT2D eigenvalue weighted by Crippen LogP contribution is -2.31. The molecule has 0 aliphatic heterocycles. The maximum Gasteiger partial charge on any atom is 0.168 e. The van der Waals surface area contributed by atoms with Crippen LogP contribution in [0.5, 0.6) is 0 Å². The Labute approximate surface area is 125 Å². The van der Waals surface area contributed by atoms with E-state index in [1.807, 2.05) is 42.5 Å². The van der Waals surface area contributed by atoms with Gasteiger partial charge in [-0.25, -0.2) is 0 Å². The van der Waals surface area contributed by atoms with E-state index < -0.39 is 6.10 Å². The molecule has 0 amide bonds. The van der Waals surface area contributed by atoms with Crippen molar-refractivity contribution in [2.24, 2.45) is 5.92 Å². The van der Waals surface area contributed by atoms with Crippen molar-refractivity contribution in [3.63, 3.8) is 0 Å². The summed E-state index contributed by atoms with van der Waals surface area (Å²) in [6.07, 6.45) is 3.15. The monoisotopic (exact) mass is 280 g/mol. The van der Waals surface area contributed by atoms with Crippen molar-refractivity contribution in [2.75, 3.05) is 0 Å². The highest BCUT2D eigenvalue weighted by molar-refractivity contribution is 5.98. The van der Waals surface area contributed by atoms with Gasteiger partial charge >= 0.3 is 0 Å². The maximum atomic E-state index is 12.5. The molecule has 2 atom stereocenters. The minimum absolute atomic E-state index is 0.0850. The summed E-state index contributed by atoms with van der Waals surface area (Å²) in [4.78, 5) is 12.5. The van der Waals surface area contributed by atoms with E-state index in [0.717, 1.165) is 36.8 Å². The summed E-state index contributed by atoms with van der Waals surface area (Å²) in [5.41, 5.74) is 2.96. The number of carbonyl (C=O) groups excluding carboxylic acids is 1. The summed E-state index contributed by atoms with van der Waals surface area (Å²) in [6, 6.07) is 17.8. The van der Waals surface area contributed by atoms with E-state index in [4.69, 9.17) is 0 Å². The molecule has 3 rings (SSSR count). The van der Waals surface area contributed by atoms with E-state index in [-0.39, 0.29) is 11.7 Å². The SMILES string of the molecule is O=C(c1ccc(-c2ccccc2)cc1)C1CCCCC1O. The third kappa shape index (κ3) is 3.06. The van der Waals surface area contributed by atoms with Gasteiger partial charge in [0.05, 0.1) is 6.10 Å². The number of aliphatic hydroxyl groups is 1. The number of carbonyl (C=O) groups is 1. The molecule has 108 valence electrons. The Morgan fingerprint density at radius 3 is 2.14 bits per heavy atom. The Bertz CT molecular complexity index is 601. The third-order valence-corrected chi connectivity index (χ3v) is 4.34. The fourth-order valence-electron chi connectivity index (χ4n) is 3.09. The van der Waals surface area contributed by atoms with Crippen LogP contribution in [0.15, 0.2) is 54.6 Å². The van der Waals surface area contributed by atoms with Crippen LogP contribution in [-0.2, 0) is 0 Å². The molecule has 1 aliphatic rings. The smallest absolute Gasteiger partial charge is 0.168 e. The Morgan fingerprint density at radius 1 is 0.857 bits per heavy atom. The second-order valence-electron chi connectivity index (χ2n) is 5.77. The quantitative estimate of drug-likeness (QED) is 0.860. The third-order valence-electron chi connectivity index (χ3n) is 4.34. The van der Waals surface area contributed by atoms with Crippen LogP contribution in [-0.4, -0.2) is 17.0 Å². The van der Waals surface area contributed by atoms with Crippen LogP contribution in [0, 0.1) is 5.92 Å². The van der Waals surface area contributed by atoms with Gasteiger partial charge in [0.15, 0.2) is 5.78 Å². The number of Topliss-reactive ketones (excluding diaryl/α,β-unsaturated/α-hetero) is 1. The van der Waals surface area contributed by atoms with Crippen LogP contribution in [0.1, 0.15) is 36.0 Å². The predicted molar refractivity (Wildman–Crippen MR) is 84.2 cm³/mol. The Kier molecular flexibility index (Phi) is 4.16. The normalized spacial score (nSPS) is 22.0. The first kappa shape index (κ1) is 14.0. The molecule has 21 heavy (non-hydrogen) atoms. The number of aliphatic hydroxyl groups excluding tert-OH is 1. The summed E-state index contributed by atoms with van der Waals surface area (Å²) in [5, 5.41) is 10.0. The Morgan fingerprint density at radius 2 is 1.48 bits per heavy atom. The summed E-state index contributed by atoms with van der Waals surface area (Å²) < 4.78 is 0. The van der Waals surface area contributed by atoms with E-state index in [9.17, 15) is 9.90 Å². The number of hydrogen-bond acceptors (Lipinski definition) is 2. The van der Waals surface area contributed by atoms with E-state index in [1.165, 1.54) is 0 Å². The first-order chi connectivity index (χ1) is 10.3. The molecule has 2 nitrogen and oxygen atoms in total. The largest absolute Gasteiger partial charge is 0.392 e. The zero-order chi connectivity index (χ0) is 14.7. The zero-order valence-electron chi connectivity index (χ0n) is 12.0. The average Bonchev–Trinajstić information content (AvgIpc) is 2.56. The minimum atomic E-state index is -0.472. The molecule has 2 unspecified atom stereocenters. The lowest BCUT2D eigenvalue weighted by Gasteiger charge is -2.26. The Balaban J connectivity index is 1.79. The molecule has 0 spiro atoms. The fraction of sp³-hybridized carbons (Fsp3) is 0.316. The molecule has 0 bridgehead atoms. The molecule has 0 heterocycles. The molecular formula is C19H20O2. The van der Waals surface area contributed by atoms with Gasteiger partial charge in [-0.3, -0.25) is 4.79 Å². The van der Waals surface area contributed by atoms with Gasteiger partial charge in [0.2, 0.25) is 0 Å². The first-order valence-electron chi connectivity index (χ1n) is 7.63. The number of hydrogen-bond donors (Lipinski definition) is 1. The predicted octanol–water partition coefficient (Wildman–Crippen LogP) is 4.09. The van der Waals surface area contributed by atoms with Crippen LogP contribution in [0.2, 0.25) is 0 Å². The molecule has 2 aromatic rings. The molecule has 1 aliphatic carbocycles. The summed E-state index contributed by atoms with van der Waals surface area (Å²) >= 11 is 0. The van der Waals surface area contributed by atoms with Crippen molar-refractivity contribution in [2.45, 2.75) is 31.8 Å². The Hall–Kier alpha value is -1.93. The lowest BCUT2D eigenvalue weighted by atomic mass is 9.81. The van der Waals surface area contributed by atoms with Gasteiger partial charge in [-0.05, 0) is 24.0 Å².